The van der Waals surface area contributed by atoms with Crippen LogP contribution in [0.25, 0.3) is 0 Å². The monoisotopic (exact) mass is 208 g/mol. The summed E-state index contributed by atoms with van der Waals surface area (Å²) in [4.78, 5) is 0. The SMILES string of the molecule is C1=CSSS1.CCCCCC. The molecular weight excluding hydrogens is 192 g/mol. The zero-order valence-electron chi connectivity index (χ0n) is 7.21. The molecule has 0 nitrogen and oxygen atoms in total. The summed E-state index contributed by atoms with van der Waals surface area (Å²) in [5.74, 6) is 0. The molecule has 0 atom stereocenters. The molecule has 3 heteroatoms. The van der Waals surface area contributed by atoms with Gasteiger partial charge in [0.1, 0.15) is 0 Å². The van der Waals surface area contributed by atoms with Crippen molar-refractivity contribution >= 4 is 31.4 Å². The largest absolute Gasteiger partial charge is 0.0654 e. The minimum atomic E-state index is 1.36. The van der Waals surface area contributed by atoms with Gasteiger partial charge in [-0.2, -0.15) is 0 Å². The lowest BCUT2D eigenvalue weighted by Gasteiger charge is -1.86. The Kier molecular flexibility index (Phi) is 11.6. The van der Waals surface area contributed by atoms with Crippen molar-refractivity contribution in [3.63, 3.8) is 0 Å². The average Bonchev–Trinajstić information content (AvgIpc) is 2.57. The summed E-state index contributed by atoms with van der Waals surface area (Å²) < 4.78 is 0. The Bertz CT molecular complexity index is 81.3. The predicted octanol–water partition coefficient (Wildman–Crippen LogP) is 5.09. The molecule has 0 aromatic heterocycles. The first-order valence-electron chi connectivity index (χ1n) is 4.05. The molecule has 11 heavy (non-hydrogen) atoms. The minimum absolute atomic E-state index is 1.36. The van der Waals surface area contributed by atoms with Crippen LogP contribution in [0.15, 0.2) is 10.8 Å². The summed E-state index contributed by atoms with van der Waals surface area (Å²) in [5.41, 5.74) is 0. The molecular formula is C8H16S3. The molecule has 0 bridgehead atoms. The maximum absolute atomic E-state index is 2.23. The number of rotatable bonds is 3. The van der Waals surface area contributed by atoms with Gasteiger partial charge in [-0.25, -0.2) is 0 Å². The maximum Gasteiger partial charge on any atom is -0.0101 e. The highest BCUT2D eigenvalue weighted by molar-refractivity contribution is 9.11. The van der Waals surface area contributed by atoms with Gasteiger partial charge in [0.15, 0.2) is 0 Å². The summed E-state index contributed by atoms with van der Waals surface area (Å²) in [6.45, 7) is 4.46. The van der Waals surface area contributed by atoms with E-state index in [0.29, 0.717) is 0 Å². The van der Waals surface area contributed by atoms with Crippen LogP contribution in [0.1, 0.15) is 39.5 Å². The fourth-order valence-corrected chi connectivity index (χ4v) is 3.56. The Hall–Kier alpha value is 0.790. The Morgan fingerprint density at radius 2 is 1.36 bits per heavy atom. The van der Waals surface area contributed by atoms with Gasteiger partial charge in [-0.05, 0) is 20.6 Å². The second-order valence-corrected chi connectivity index (χ2v) is 6.09. The summed E-state index contributed by atoms with van der Waals surface area (Å²) in [7, 11) is 5.34. The summed E-state index contributed by atoms with van der Waals surface area (Å²) in [6.07, 6.45) is 5.54. The molecule has 0 unspecified atom stereocenters. The van der Waals surface area contributed by atoms with Crippen molar-refractivity contribution in [2.45, 2.75) is 39.5 Å². The van der Waals surface area contributed by atoms with Crippen LogP contribution in [0.5, 0.6) is 0 Å². The molecule has 0 aromatic rings. The van der Waals surface area contributed by atoms with Crippen LogP contribution in [-0.2, 0) is 0 Å². The molecule has 1 rings (SSSR count). The fraction of sp³-hybridized carbons (Fsp3) is 0.750. The second kappa shape index (κ2) is 10.8. The highest BCUT2D eigenvalue weighted by atomic mass is 33.5. The number of hydrogen-bond donors (Lipinski definition) is 0. The molecule has 0 fully saturated rings. The van der Waals surface area contributed by atoms with E-state index < -0.39 is 0 Å². The van der Waals surface area contributed by atoms with E-state index >= 15 is 0 Å². The molecule has 0 aliphatic carbocycles. The van der Waals surface area contributed by atoms with Crippen LogP contribution in [0.3, 0.4) is 0 Å². The van der Waals surface area contributed by atoms with Gasteiger partial charge in [0, 0.05) is 0 Å². The van der Waals surface area contributed by atoms with Gasteiger partial charge < -0.3 is 0 Å². The minimum Gasteiger partial charge on any atom is -0.0654 e. The zero-order chi connectivity index (χ0) is 8.36. The second-order valence-electron chi connectivity index (χ2n) is 2.24. The topological polar surface area (TPSA) is 0 Å². The van der Waals surface area contributed by atoms with E-state index in [1.54, 1.807) is 31.4 Å². The smallest absolute Gasteiger partial charge is 0.0101 e. The van der Waals surface area contributed by atoms with Crippen molar-refractivity contribution < 1.29 is 0 Å². The van der Waals surface area contributed by atoms with Gasteiger partial charge in [-0.15, -0.1) is 0 Å². The summed E-state index contributed by atoms with van der Waals surface area (Å²) >= 11 is 0. The quantitative estimate of drug-likeness (QED) is 0.468. The van der Waals surface area contributed by atoms with Gasteiger partial charge in [0.25, 0.3) is 0 Å². The van der Waals surface area contributed by atoms with E-state index in [2.05, 4.69) is 24.7 Å². The van der Waals surface area contributed by atoms with E-state index in [4.69, 9.17) is 0 Å². The lowest BCUT2D eigenvalue weighted by Crippen LogP contribution is -1.66. The lowest BCUT2D eigenvalue weighted by atomic mass is 10.2. The highest BCUT2D eigenvalue weighted by Crippen LogP contribution is 2.42. The summed E-state index contributed by atoms with van der Waals surface area (Å²) in [5, 5.41) is 4.16. The van der Waals surface area contributed by atoms with Crippen LogP contribution in [0.2, 0.25) is 0 Å². The highest BCUT2D eigenvalue weighted by Gasteiger charge is 1.87. The molecule has 1 heterocycles. The van der Waals surface area contributed by atoms with Crippen LogP contribution < -0.4 is 0 Å². The third-order valence-electron chi connectivity index (χ3n) is 1.20. The first kappa shape index (κ1) is 11.8. The number of unbranched alkanes of at least 4 members (excludes halogenated alkanes) is 3. The Balaban J connectivity index is 0.000000183. The normalized spacial score (nSPS) is 14.4. The van der Waals surface area contributed by atoms with Gasteiger partial charge in [-0.3, -0.25) is 0 Å². The van der Waals surface area contributed by atoms with Gasteiger partial charge in [-0.1, -0.05) is 61.1 Å². The molecule has 0 N–H and O–H groups in total. The van der Waals surface area contributed by atoms with Crippen molar-refractivity contribution in [3.8, 4) is 0 Å². The first-order valence-corrected chi connectivity index (χ1v) is 7.66. The van der Waals surface area contributed by atoms with E-state index in [1.807, 2.05) is 0 Å². The van der Waals surface area contributed by atoms with Gasteiger partial charge >= 0.3 is 0 Å². The van der Waals surface area contributed by atoms with Crippen LogP contribution >= 0.6 is 31.4 Å². The van der Waals surface area contributed by atoms with Crippen LogP contribution in [0, 0.1) is 0 Å². The standard InChI is InChI=1S/C6H14.C2H2S3/c1-3-5-6-4-2;1-2-4-5-3-1/h3-6H2,1-2H3;1-2H. The Morgan fingerprint density at radius 3 is 1.55 bits per heavy atom. The molecule has 0 spiro atoms. The molecule has 66 valence electrons. The first-order chi connectivity index (χ1) is 5.41. The summed E-state index contributed by atoms with van der Waals surface area (Å²) in [6, 6.07) is 0. The van der Waals surface area contributed by atoms with E-state index in [0.717, 1.165) is 0 Å². The molecule has 0 radical (unpaired) electrons. The van der Waals surface area contributed by atoms with Crippen molar-refractivity contribution in [3.05, 3.63) is 10.8 Å². The number of hydrogen-bond acceptors (Lipinski definition) is 3. The lowest BCUT2D eigenvalue weighted by molar-refractivity contribution is 0.702. The molecule has 1 aliphatic heterocycles. The molecule has 1 aliphatic rings. The molecule has 0 saturated heterocycles. The van der Waals surface area contributed by atoms with Crippen molar-refractivity contribution in [1.29, 1.82) is 0 Å². The van der Waals surface area contributed by atoms with Gasteiger partial charge in [0.05, 0.1) is 0 Å². The predicted molar refractivity (Wildman–Crippen MR) is 61.7 cm³/mol. The van der Waals surface area contributed by atoms with E-state index in [9.17, 15) is 0 Å². The maximum atomic E-state index is 2.23. The van der Waals surface area contributed by atoms with Crippen LogP contribution in [-0.4, -0.2) is 0 Å². The zero-order valence-corrected chi connectivity index (χ0v) is 9.66. The van der Waals surface area contributed by atoms with Crippen LogP contribution in [0.4, 0.5) is 0 Å². The third kappa shape index (κ3) is 10.8. The average molecular weight is 208 g/mol. The molecule has 0 amide bonds. The molecule has 0 saturated carbocycles. The van der Waals surface area contributed by atoms with E-state index in [-0.39, 0.29) is 0 Å². The van der Waals surface area contributed by atoms with Crippen molar-refractivity contribution in [2.24, 2.45) is 0 Å². The van der Waals surface area contributed by atoms with Crippen molar-refractivity contribution in [1.82, 2.24) is 0 Å². The Labute approximate surface area is 81.8 Å². The Morgan fingerprint density at radius 1 is 0.909 bits per heavy atom. The third-order valence-corrected chi connectivity index (χ3v) is 4.58. The van der Waals surface area contributed by atoms with E-state index in [1.165, 1.54) is 25.7 Å². The molecule has 0 aromatic carbocycles. The fourth-order valence-electron chi connectivity index (χ4n) is 0.613. The van der Waals surface area contributed by atoms with Crippen molar-refractivity contribution in [2.75, 3.05) is 0 Å². The van der Waals surface area contributed by atoms with Gasteiger partial charge in [0.2, 0.25) is 0 Å².